The zero-order chi connectivity index (χ0) is 23.4. The summed E-state index contributed by atoms with van der Waals surface area (Å²) >= 11 is 10.3. The summed E-state index contributed by atoms with van der Waals surface area (Å²) in [5, 5.41) is 0.247. The van der Waals surface area contributed by atoms with E-state index in [2.05, 4.69) is 15.9 Å². The molecule has 3 aromatic carbocycles. The van der Waals surface area contributed by atoms with E-state index in [1.54, 1.807) is 43.5 Å². The lowest BCUT2D eigenvalue weighted by atomic mass is 10.1. The van der Waals surface area contributed by atoms with Crippen LogP contribution in [0.25, 0.3) is 6.08 Å². The van der Waals surface area contributed by atoms with Crippen molar-refractivity contribution in [1.29, 1.82) is 0 Å². The van der Waals surface area contributed by atoms with Crippen LogP contribution in [0.1, 0.15) is 16.7 Å². The van der Waals surface area contributed by atoms with Crippen molar-refractivity contribution in [2.45, 2.75) is 13.2 Å². The third-order valence-electron chi connectivity index (χ3n) is 4.90. The molecular weight excluding hydrogens is 526 g/mol. The first-order valence-corrected chi connectivity index (χ1v) is 12.0. The molecular formula is C25H19BrClNO4S. The predicted octanol–water partition coefficient (Wildman–Crippen LogP) is 6.93. The molecule has 0 unspecified atom stereocenters. The number of halogens is 2. The third kappa shape index (κ3) is 5.79. The Morgan fingerprint density at radius 1 is 1.00 bits per heavy atom. The van der Waals surface area contributed by atoms with Crippen molar-refractivity contribution < 1.29 is 19.1 Å². The smallest absolute Gasteiger partial charge is 0.293 e. The number of rotatable bonds is 7. The van der Waals surface area contributed by atoms with Crippen LogP contribution in [0.3, 0.4) is 0 Å². The maximum absolute atomic E-state index is 12.8. The molecule has 33 heavy (non-hydrogen) atoms. The maximum Gasteiger partial charge on any atom is 0.293 e. The van der Waals surface area contributed by atoms with Crippen LogP contribution in [-0.2, 0) is 17.9 Å². The Balaban J connectivity index is 1.48. The van der Waals surface area contributed by atoms with Crippen molar-refractivity contribution in [3.05, 3.63) is 97.8 Å². The molecule has 1 saturated heterocycles. The van der Waals surface area contributed by atoms with E-state index in [9.17, 15) is 9.59 Å². The lowest BCUT2D eigenvalue weighted by molar-refractivity contribution is -0.123. The van der Waals surface area contributed by atoms with Crippen molar-refractivity contribution in [3.8, 4) is 11.5 Å². The summed E-state index contributed by atoms with van der Waals surface area (Å²) in [5.41, 5.74) is 2.55. The Morgan fingerprint density at radius 2 is 1.79 bits per heavy atom. The molecule has 0 aliphatic carbocycles. The van der Waals surface area contributed by atoms with E-state index in [1.165, 1.54) is 4.90 Å². The van der Waals surface area contributed by atoms with Gasteiger partial charge < -0.3 is 9.47 Å². The van der Waals surface area contributed by atoms with Gasteiger partial charge in [0.1, 0.15) is 6.61 Å². The number of carbonyl (C=O) groups is 2. The fraction of sp³-hybridized carbons (Fsp3) is 0.120. The summed E-state index contributed by atoms with van der Waals surface area (Å²) in [5.74, 6) is 0.796. The standard InChI is InChI=1S/C25H19BrClNO4S/c1-31-22-12-17(7-10-21(22)32-15-16-5-8-19(26)9-6-16)13-23-24(29)28(25(30)33-23)14-18-3-2-4-20(27)11-18/h2-13H,14-15H2,1H3/b23-13-. The minimum absolute atomic E-state index is 0.175. The van der Waals surface area contributed by atoms with Crippen LogP contribution in [0, 0.1) is 0 Å². The number of methoxy groups -OCH3 is 1. The predicted molar refractivity (Wildman–Crippen MR) is 134 cm³/mol. The fourth-order valence-corrected chi connectivity index (χ4v) is 4.56. The van der Waals surface area contributed by atoms with E-state index >= 15 is 0 Å². The highest BCUT2D eigenvalue weighted by molar-refractivity contribution is 9.10. The van der Waals surface area contributed by atoms with Crippen LogP contribution in [0.15, 0.2) is 76.1 Å². The first-order valence-electron chi connectivity index (χ1n) is 9.98. The summed E-state index contributed by atoms with van der Waals surface area (Å²) in [7, 11) is 1.56. The Bertz CT molecular complexity index is 1230. The zero-order valence-corrected chi connectivity index (χ0v) is 20.7. The number of nitrogens with zero attached hydrogens (tertiary/aromatic N) is 1. The first kappa shape index (κ1) is 23.4. The van der Waals surface area contributed by atoms with Crippen molar-refractivity contribution in [1.82, 2.24) is 4.90 Å². The van der Waals surface area contributed by atoms with Crippen molar-refractivity contribution in [2.24, 2.45) is 0 Å². The van der Waals surface area contributed by atoms with Crippen LogP contribution >= 0.6 is 39.3 Å². The highest BCUT2D eigenvalue weighted by Gasteiger charge is 2.35. The highest BCUT2D eigenvalue weighted by atomic mass is 79.9. The monoisotopic (exact) mass is 543 g/mol. The molecule has 0 aromatic heterocycles. The minimum atomic E-state index is -0.334. The van der Waals surface area contributed by atoms with Gasteiger partial charge in [-0.05, 0) is 70.9 Å². The van der Waals surface area contributed by atoms with Gasteiger partial charge in [-0.3, -0.25) is 14.5 Å². The van der Waals surface area contributed by atoms with E-state index in [-0.39, 0.29) is 17.7 Å². The molecule has 1 fully saturated rings. The number of carbonyl (C=O) groups excluding carboxylic acids is 2. The maximum atomic E-state index is 12.8. The normalized spacial score (nSPS) is 14.8. The summed E-state index contributed by atoms with van der Waals surface area (Å²) in [6, 6.07) is 20.4. The molecule has 1 aliphatic rings. The summed E-state index contributed by atoms with van der Waals surface area (Å²) < 4.78 is 12.4. The fourth-order valence-electron chi connectivity index (χ4n) is 3.24. The van der Waals surface area contributed by atoms with Gasteiger partial charge in [0.05, 0.1) is 18.6 Å². The largest absolute Gasteiger partial charge is 0.493 e. The topological polar surface area (TPSA) is 55.8 Å². The SMILES string of the molecule is COc1cc(/C=C2\SC(=O)N(Cc3cccc(Cl)c3)C2=O)ccc1OCc1ccc(Br)cc1. The van der Waals surface area contributed by atoms with Gasteiger partial charge in [-0.25, -0.2) is 0 Å². The molecule has 0 spiro atoms. The molecule has 5 nitrogen and oxygen atoms in total. The van der Waals surface area contributed by atoms with Gasteiger partial charge in [-0.1, -0.05) is 57.9 Å². The molecule has 0 atom stereocenters. The van der Waals surface area contributed by atoms with E-state index < -0.39 is 0 Å². The lowest BCUT2D eigenvalue weighted by Crippen LogP contribution is -2.27. The zero-order valence-electron chi connectivity index (χ0n) is 17.6. The summed E-state index contributed by atoms with van der Waals surface area (Å²) in [6.07, 6.45) is 1.68. The minimum Gasteiger partial charge on any atom is -0.493 e. The van der Waals surface area contributed by atoms with E-state index in [1.807, 2.05) is 36.4 Å². The number of hydrogen-bond acceptors (Lipinski definition) is 5. The Hall–Kier alpha value is -2.74. The van der Waals surface area contributed by atoms with Crippen molar-refractivity contribution in [3.63, 3.8) is 0 Å². The second-order valence-electron chi connectivity index (χ2n) is 7.22. The average Bonchev–Trinajstić information content (AvgIpc) is 3.06. The number of hydrogen-bond donors (Lipinski definition) is 0. The molecule has 1 heterocycles. The molecule has 8 heteroatoms. The van der Waals surface area contributed by atoms with Crippen LogP contribution in [-0.4, -0.2) is 23.2 Å². The van der Waals surface area contributed by atoms with Gasteiger partial charge in [0, 0.05) is 9.50 Å². The number of amides is 2. The number of imide groups is 1. The average molecular weight is 545 g/mol. The number of benzene rings is 3. The van der Waals surface area contributed by atoms with E-state index in [0.717, 1.165) is 32.9 Å². The molecule has 0 radical (unpaired) electrons. The molecule has 1 aliphatic heterocycles. The Kier molecular flexibility index (Phi) is 7.42. The second-order valence-corrected chi connectivity index (χ2v) is 9.57. The Morgan fingerprint density at radius 3 is 2.52 bits per heavy atom. The molecule has 4 rings (SSSR count). The molecule has 0 N–H and O–H groups in total. The summed E-state index contributed by atoms with van der Waals surface area (Å²) in [6.45, 7) is 0.570. The molecule has 168 valence electrons. The Labute approximate surface area is 209 Å². The highest BCUT2D eigenvalue weighted by Crippen LogP contribution is 2.35. The molecule has 2 amide bonds. The van der Waals surface area contributed by atoms with Gasteiger partial charge in [-0.15, -0.1) is 0 Å². The molecule has 3 aromatic rings. The van der Waals surface area contributed by atoms with Crippen LogP contribution < -0.4 is 9.47 Å². The van der Waals surface area contributed by atoms with E-state index in [4.69, 9.17) is 21.1 Å². The van der Waals surface area contributed by atoms with Gasteiger partial charge in [0.2, 0.25) is 0 Å². The van der Waals surface area contributed by atoms with Gasteiger partial charge in [0.25, 0.3) is 11.1 Å². The van der Waals surface area contributed by atoms with Crippen molar-refractivity contribution >= 4 is 56.5 Å². The molecule has 0 bridgehead atoms. The van der Waals surface area contributed by atoms with Crippen molar-refractivity contribution in [2.75, 3.05) is 7.11 Å². The van der Waals surface area contributed by atoms with Crippen LogP contribution in [0.4, 0.5) is 4.79 Å². The van der Waals surface area contributed by atoms with Gasteiger partial charge in [0.15, 0.2) is 11.5 Å². The number of thioether (sulfide) groups is 1. The van der Waals surface area contributed by atoms with Gasteiger partial charge >= 0.3 is 0 Å². The van der Waals surface area contributed by atoms with Crippen LogP contribution in [0.2, 0.25) is 5.02 Å². The first-order chi connectivity index (χ1) is 15.9. The number of ether oxygens (including phenoxy) is 2. The molecule has 0 saturated carbocycles. The third-order valence-corrected chi connectivity index (χ3v) is 6.57. The van der Waals surface area contributed by atoms with E-state index in [0.29, 0.717) is 28.0 Å². The lowest BCUT2D eigenvalue weighted by Gasteiger charge is -2.13. The van der Waals surface area contributed by atoms with Crippen LogP contribution in [0.5, 0.6) is 11.5 Å². The quantitative estimate of drug-likeness (QED) is 0.302. The summed E-state index contributed by atoms with van der Waals surface area (Å²) in [4.78, 5) is 26.8. The van der Waals surface area contributed by atoms with Gasteiger partial charge in [-0.2, -0.15) is 0 Å². The second kappa shape index (κ2) is 10.5.